The van der Waals surface area contributed by atoms with Crippen LogP contribution < -0.4 is 10.6 Å². The fourth-order valence-electron chi connectivity index (χ4n) is 1.38. The van der Waals surface area contributed by atoms with Gasteiger partial charge in [-0.15, -0.1) is 0 Å². The van der Waals surface area contributed by atoms with Crippen molar-refractivity contribution in [3.05, 3.63) is 34.9 Å². The molecular formula is C12H18N2O. The van der Waals surface area contributed by atoms with Crippen molar-refractivity contribution in [2.24, 2.45) is 0 Å². The molecule has 0 heterocycles. The molecule has 3 nitrogen and oxygen atoms in total. The molecule has 0 unspecified atom stereocenters. The van der Waals surface area contributed by atoms with E-state index in [1.54, 1.807) is 0 Å². The van der Waals surface area contributed by atoms with Crippen molar-refractivity contribution in [1.29, 1.82) is 0 Å². The molecular weight excluding hydrogens is 188 g/mol. The normalized spacial score (nSPS) is 10.1. The van der Waals surface area contributed by atoms with E-state index in [2.05, 4.69) is 10.6 Å². The quantitative estimate of drug-likeness (QED) is 0.728. The number of carbonyl (C=O) groups is 1. The third-order valence-electron chi connectivity index (χ3n) is 2.30. The molecule has 0 saturated carbocycles. The summed E-state index contributed by atoms with van der Waals surface area (Å²) in [6.45, 7) is 5.38. The first-order chi connectivity index (χ1) is 7.15. The summed E-state index contributed by atoms with van der Waals surface area (Å²) in [7, 11) is 1.87. The molecule has 2 N–H and O–H groups in total. The first kappa shape index (κ1) is 11.7. The van der Waals surface area contributed by atoms with Gasteiger partial charge in [0, 0.05) is 18.7 Å². The minimum absolute atomic E-state index is 0.00597. The lowest BCUT2D eigenvalue weighted by atomic mass is 10.1. The van der Waals surface area contributed by atoms with Gasteiger partial charge in [0.05, 0.1) is 0 Å². The van der Waals surface area contributed by atoms with Crippen LogP contribution in [0.25, 0.3) is 0 Å². The van der Waals surface area contributed by atoms with Crippen LogP contribution in [0, 0.1) is 13.8 Å². The van der Waals surface area contributed by atoms with Gasteiger partial charge in [-0.3, -0.25) is 4.79 Å². The molecule has 0 bridgehead atoms. The third kappa shape index (κ3) is 3.36. The lowest BCUT2D eigenvalue weighted by molar-refractivity contribution is 0.0953. The molecule has 0 saturated heterocycles. The van der Waals surface area contributed by atoms with E-state index in [-0.39, 0.29) is 5.91 Å². The van der Waals surface area contributed by atoms with E-state index in [1.807, 2.05) is 39.1 Å². The highest BCUT2D eigenvalue weighted by Crippen LogP contribution is 2.10. The van der Waals surface area contributed by atoms with Gasteiger partial charge in [0.25, 0.3) is 5.91 Å². The van der Waals surface area contributed by atoms with Gasteiger partial charge in [-0.2, -0.15) is 0 Å². The Labute approximate surface area is 90.9 Å². The molecule has 1 aromatic carbocycles. The molecule has 0 aliphatic rings. The number of rotatable bonds is 4. The summed E-state index contributed by atoms with van der Waals surface area (Å²) < 4.78 is 0. The maximum atomic E-state index is 11.8. The molecule has 15 heavy (non-hydrogen) atoms. The predicted molar refractivity (Wildman–Crippen MR) is 62.2 cm³/mol. The summed E-state index contributed by atoms with van der Waals surface area (Å²) in [6, 6.07) is 5.91. The van der Waals surface area contributed by atoms with Gasteiger partial charge in [0.1, 0.15) is 0 Å². The van der Waals surface area contributed by atoms with Crippen LogP contribution in [-0.4, -0.2) is 26.0 Å². The average Bonchev–Trinajstić information content (AvgIpc) is 2.22. The monoisotopic (exact) mass is 206 g/mol. The number of nitrogens with one attached hydrogen (secondary N) is 2. The molecule has 1 aromatic rings. The second-order valence-corrected chi connectivity index (χ2v) is 3.68. The van der Waals surface area contributed by atoms with Crippen molar-refractivity contribution in [2.75, 3.05) is 20.1 Å². The van der Waals surface area contributed by atoms with Gasteiger partial charge in [0.2, 0.25) is 0 Å². The number of benzene rings is 1. The van der Waals surface area contributed by atoms with Crippen LogP contribution in [0.15, 0.2) is 18.2 Å². The average molecular weight is 206 g/mol. The largest absolute Gasteiger partial charge is 0.351 e. The molecule has 1 rings (SSSR count). The van der Waals surface area contributed by atoms with Crippen LogP contribution in [0.1, 0.15) is 21.5 Å². The SMILES string of the molecule is CNCCNC(=O)c1cc(C)ccc1C. The topological polar surface area (TPSA) is 41.1 Å². The molecule has 3 heteroatoms. The first-order valence-electron chi connectivity index (χ1n) is 5.15. The maximum absolute atomic E-state index is 11.8. The van der Waals surface area contributed by atoms with E-state index in [4.69, 9.17) is 0 Å². The number of hydrogen-bond donors (Lipinski definition) is 2. The van der Waals surface area contributed by atoms with Gasteiger partial charge in [-0.1, -0.05) is 17.7 Å². The van der Waals surface area contributed by atoms with E-state index < -0.39 is 0 Å². The zero-order valence-corrected chi connectivity index (χ0v) is 9.55. The fourth-order valence-corrected chi connectivity index (χ4v) is 1.38. The lowest BCUT2D eigenvalue weighted by Gasteiger charge is -2.08. The first-order valence-corrected chi connectivity index (χ1v) is 5.15. The van der Waals surface area contributed by atoms with Gasteiger partial charge >= 0.3 is 0 Å². The van der Waals surface area contributed by atoms with Gasteiger partial charge in [-0.25, -0.2) is 0 Å². The third-order valence-corrected chi connectivity index (χ3v) is 2.30. The van der Waals surface area contributed by atoms with Crippen LogP contribution in [0.4, 0.5) is 0 Å². The zero-order chi connectivity index (χ0) is 11.3. The molecule has 0 spiro atoms. The van der Waals surface area contributed by atoms with E-state index in [0.29, 0.717) is 6.54 Å². The smallest absolute Gasteiger partial charge is 0.251 e. The highest BCUT2D eigenvalue weighted by molar-refractivity contribution is 5.95. The standard InChI is InChI=1S/C12H18N2O/c1-9-4-5-10(2)11(8-9)12(15)14-7-6-13-3/h4-5,8,13H,6-7H2,1-3H3,(H,14,15). The highest BCUT2D eigenvalue weighted by Gasteiger charge is 2.07. The fraction of sp³-hybridized carbons (Fsp3) is 0.417. The summed E-state index contributed by atoms with van der Waals surface area (Å²) in [5.74, 6) is 0.00597. The van der Waals surface area contributed by atoms with E-state index in [0.717, 1.165) is 23.2 Å². The van der Waals surface area contributed by atoms with Crippen molar-refractivity contribution in [1.82, 2.24) is 10.6 Å². The maximum Gasteiger partial charge on any atom is 0.251 e. The number of carbonyl (C=O) groups excluding carboxylic acids is 1. The Kier molecular flexibility index (Phi) is 4.31. The number of likely N-dealkylation sites (N-methyl/N-ethyl adjacent to an activating group) is 1. The zero-order valence-electron chi connectivity index (χ0n) is 9.55. The molecule has 0 aromatic heterocycles. The summed E-state index contributed by atoms with van der Waals surface area (Å²) in [6.07, 6.45) is 0. The Morgan fingerprint density at radius 3 is 2.67 bits per heavy atom. The van der Waals surface area contributed by atoms with Crippen molar-refractivity contribution in [2.45, 2.75) is 13.8 Å². The van der Waals surface area contributed by atoms with Crippen LogP contribution in [-0.2, 0) is 0 Å². The Morgan fingerprint density at radius 2 is 2.00 bits per heavy atom. The van der Waals surface area contributed by atoms with E-state index in [1.165, 1.54) is 0 Å². The van der Waals surface area contributed by atoms with Crippen LogP contribution >= 0.6 is 0 Å². The summed E-state index contributed by atoms with van der Waals surface area (Å²) >= 11 is 0. The van der Waals surface area contributed by atoms with Crippen molar-refractivity contribution >= 4 is 5.91 Å². The van der Waals surface area contributed by atoms with Crippen molar-refractivity contribution < 1.29 is 4.79 Å². The predicted octanol–water partition coefficient (Wildman–Crippen LogP) is 1.25. The highest BCUT2D eigenvalue weighted by atomic mass is 16.1. The summed E-state index contributed by atoms with van der Waals surface area (Å²) in [5.41, 5.74) is 2.90. The Hall–Kier alpha value is -1.35. The molecule has 0 aliphatic heterocycles. The molecule has 0 fully saturated rings. The van der Waals surface area contributed by atoms with Crippen LogP contribution in [0.2, 0.25) is 0 Å². The minimum Gasteiger partial charge on any atom is -0.351 e. The van der Waals surface area contributed by atoms with Crippen LogP contribution in [0.5, 0.6) is 0 Å². The van der Waals surface area contributed by atoms with Crippen molar-refractivity contribution in [3.8, 4) is 0 Å². The number of amides is 1. The number of hydrogen-bond acceptors (Lipinski definition) is 2. The van der Waals surface area contributed by atoms with Crippen LogP contribution in [0.3, 0.4) is 0 Å². The molecule has 82 valence electrons. The lowest BCUT2D eigenvalue weighted by Crippen LogP contribution is -2.30. The molecule has 0 aliphatic carbocycles. The van der Waals surface area contributed by atoms with E-state index >= 15 is 0 Å². The number of aryl methyl sites for hydroxylation is 2. The van der Waals surface area contributed by atoms with Gasteiger partial charge < -0.3 is 10.6 Å². The Balaban J connectivity index is 2.68. The summed E-state index contributed by atoms with van der Waals surface area (Å²) in [4.78, 5) is 11.8. The second kappa shape index (κ2) is 5.51. The Morgan fingerprint density at radius 1 is 1.27 bits per heavy atom. The minimum atomic E-state index is 0.00597. The van der Waals surface area contributed by atoms with Crippen molar-refractivity contribution in [3.63, 3.8) is 0 Å². The molecule has 0 radical (unpaired) electrons. The van der Waals surface area contributed by atoms with Gasteiger partial charge in [-0.05, 0) is 32.5 Å². The van der Waals surface area contributed by atoms with E-state index in [9.17, 15) is 4.79 Å². The van der Waals surface area contributed by atoms with Gasteiger partial charge in [0.15, 0.2) is 0 Å². The second-order valence-electron chi connectivity index (χ2n) is 3.68. The molecule has 1 amide bonds. The Bertz CT molecular complexity index is 347. The molecule has 0 atom stereocenters. The summed E-state index contributed by atoms with van der Waals surface area (Å²) in [5, 5.41) is 5.85.